The number of hydrogen-bond donors (Lipinski definition) is 2. The lowest BCUT2D eigenvalue weighted by Gasteiger charge is -2.31. The summed E-state index contributed by atoms with van der Waals surface area (Å²) in [5, 5.41) is 10.1. The number of nitrogens with one attached hydrogen (secondary N) is 2. The average Bonchev–Trinajstić information content (AvgIpc) is 3.47. The van der Waals surface area contributed by atoms with Gasteiger partial charge in [0.15, 0.2) is 0 Å². The minimum Gasteiger partial charge on any atom is -0.385 e. The van der Waals surface area contributed by atoms with Crippen LogP contribution in [0.5, 0.6) is 0 Å². The first-order chi connectivity index (χ1) is 18.0. The lowest BCUT2D eigenvalue weighted by molar-refractivity contribution is -0.136. The number of carbonyl (C=O) groups is 4. The van der Waals surface area contributed by atoms with Gasteiger partial charge in [0, 0.05) is 63.8 Å². The molecule has 0 spiro atoms. The summed E-state index contributed by atoms with van der Waals surface area (Å²) in [6.45, 7) is 4.36. The number of benzene rings is 1. The van der Waals surface area contributed by atoms with Crippen LogP contribution >= 0.6 is 0 Å². The third-order valence-electron chi connectivity index (χ3n) is 7.36. The van der Waals surface area contributed by atoms with E-state index in [9.17, 15) is 19.2 Å². The smallest absolute Gasteiger partial charge is 0.264 e. The van der Waals surface area contributed by atoms with Crippen LogP contribution in [0.2, 0.25) is 0 Å². The summed E-state index contributed by atoms with van der Waals surface area (Å²) in [6, 6.07) is 4.43. The molecule has 4 heterocycles. The zero-order valence-electron chi connectivity index (χ0n) is 20.9. The number of amides is 4. The largest absolute Gasteiger partial charge is 0.385 e. The van der Waals surface area contributed by atoms with Crippen molar-refractivity contribution in [3.05, 3.63) is 47.3 Å². The van der Waals surface area contributed by atoms with Gasteiger partial charge in [0.25, 0.3) is 11.8 Å². The van der Waals surface area contributed by atoms with Crippen molar-refractivity contribution in [2.75, 3.05) is 38.7 Å². The number of likely N-dealkylation sites (tertiary alicyclic amines) is 1. The van der Waals surface area contributed by atoms with Crippen LogP contribution in [0.1, 0.15) is 64.4 Å². The van der Waals surface area contributed by atoms with Gasteiger partial charge in [-0.3, -0.25) is 34.1 Å². The molecule has 3 aliphatic rings. The van der Waals surface area contributed by atoms with Crippen LogP contribution in [0.15, 0.2) is 30.6 Å². The third kappa shape index (κ3) is 5.14. The first kappa shape index (κ1) is 25.1. The predicted molar refractivity (Wildman–Crippen MR) is 134 cm³/mol. The molecule has 0 aliphatic carbocycles. The molecule has 2 saturated heterocycles. The Balaban J connectivity index is 1.21. The minimum absolute atomic E-state index is 0.0890. The average molecular weight is 509 g/mol. The number of methoxy groups -OCH3 is 1. The Morgan fingerprint density at radius 2 is 1.92 bits per heavy atom. The SMILES string of the molecule is COCCCN1CCC(n2cc(CNc3cccc4c3C(=O)N(C3CCC(=O)NC3=O)C4=O)cn2)CC1. The number of aromatic nitrogens is 2. The van der Waals surface area contributed by atoms with Crippen molar-refractivity contribution >= 4 is 29.3 Å². The molecule has 1 aromatic heterocycles. The summed E-state index contributed by atoms with van der Waals surface area (Å²) < 4.78 is 7.17. The summed E-state index contributed by atoms with van der Waals surface area (Å²) in [5.74, 6) is -2.05. The topological polar surface area (TPSA) is 126 Å². The van der Waals surface area contributed by atoms with Crippen molar-refractivity contribution in [1.29, 1.82) is 0 Å². The molecular formula is C26H32N6O5. The molecule has 4 amide bonds. The number of rotatable bonds is 9. The number of piperidine rings is 2. The van der Waals surface area contributed by atoms with Crippen molar-refractivity contribution in [2.45, 2.75) is 50.7 Å². The fraction of sp³-hybridized carbons (Fsp3) is 0.500. The van der Waals surface area contributed by atoms with Crippen LogP contribution < -0.4 is 10.6 Å². The Kier molecular flexibility index (Phi) is 7.33. The Hall–Kier alpha value is -3.57. The second kappa shape index (κ2) is 10.8. The number of nitrogens with zero attached hydrogens (tertiary/aromatic N) is 4. The fourth-order valence-electron chi connectivity index (χ4n) is 5.37. The molecular weight excluding hydrogens is 476 g/mol. The van der Waals surface area contributed by atoms with E-state index in [4.69, 9.17) is 4.74 Å². The number of hydrogen-bond acceptors (Lipinski definition) is 8. The van der Waals surface area contributed by atoms with Gasteiger partial charge in [-0.2, -0.15) is 5.10 Å². The van der Waals surface area contributed by atoms with E-state index in [0.29, 0.717) is 18.3 Å². The maximum Gasteiger partial charge on any atom is 0.264 e. The molecule has 0 radical (unpaired) electrons. The van der Waals surface area contributed by atoms with Crippen LogP contribution in [0.25, 0.3) is 0 Å². The Bertz CT molecular complexity index is 1200. The zero-order valence-corrected chi connectivity index (χ0v) is 20.9. The maximum atomic E-state index is 13.3. The fourth-order valence-corrected chi connectivity index (χ4v) is 5.37. The first-order valence-corrected chi connectivity index (χ1v) is 12.8. The monoisotopic (exact) mass is 508 g/mol. The van der Waals surface area contributed by atoms with Crippen molar-refractivity contribution in [3.8, 4) is 0 Å². The highest BCUT2D eigenvalue weighted by Crippen LogP contribution is 2.32. The van der Waals surface area contributed by atoms with E-state index < -0.39 is 29.7 Å². The van der Waals surface area contributed by atoms with Gasteiger partial charge in [0.2, 0.25) is 11.8 Å². The Morgan fingerprint density at radius 3 is 2.68 bits per heavy atom. The predicted octanol–water partition coefficient (Wildman–Crippen LogP) is 1.57. The summed E-state index contributed by atoms with van der Waals surface area (Å²) in [6.07, 6.45) is 7.20. The second-order valence-corrected chi connectivity index (χ2v) is 9.78. The second-order valence-electron chi connectivity index (χ2n) is 9.78. The standard InChI is InChI=1S/C26H32N6O5/c1-37-13-3-10-30-11-8-18(9-12-30)31-16-17(15-28-31)14-27-20-5-2-4-19-23(20)26(36)32(25(19)35)21-6-7-22(33)29-24(21)34/h2,4-5,15-16,18,21,27H,3,6-14H2,1H3,(H,29,33,34). The van der Waals surface area contributed by atoms with Crippen molar-refractivity contribution in [2.24, 2.45) is 0 Å². The summed E-state index contributed by atoms with van der Waals surface area (Å²) >= 11 is 0. The number of carbonyl (C=O) groups excluding carboxylic acids is 4. The molecule has 2 N–H and O–H groups in total. The molecule has 11 nitrogen and oxygen atoms in total. The number of imide groups is 2. The molecule has 1 aromatic carbocycles. The minimum atomic E-state index is -0.984. The van der Waals surface area contributed by atoms with Gasteiger partial charge < -0.3 is 15.0 Å². The van der Waals surface area contributed by atoms with E-state index in [1.54, 1.807) is 25.3 Å². The normalized spacial score (nSPS) is 20.9. The highest BCUT2D eigenvalue weighted by molar-refractivity contribution is 6.25. The van der Waals surface area contributed by atoms with E-state index >= 15 is 0 Å². The lowest BCUT2D eigenvalue weighted by Crippen LogP contribution is -2.54. The highest BCUT2D eigenvalue weighted by Gasteiger charge is 2.45. The van der Waals surface area contributed by atoms with Crippen LogP contribution in [0, 0.1) is 0 Å². The van der Waals surface area contributed by atoms with Gasteiger partial charge in [0.05, 0.1) is 23.4 Å². The van der Waals surface area contributed by atoms with E-state index in [1.165, 1.54) is 0 Å². The summed E-state index contributed by atoms with van der Waals surface area (Å²) in [7, 11) is 1.73. The van der Waals surface area contributed by atoms with Gasteiger partial charge in [-0.25, -0.2) is 0 Å². The molecule has 2 aromatic rings. The highest BCUT2D eigenvalue weighted by atomic mass is 16.5. The number of anilines is 1. The van der Waals surface area contributed by atoms with Gasteiger partial charge in [0.1, 0.15) is 6.04 Å². The molecule has 3 aliphatic heterocycles. The van der Waals surface area contributed by atoms with Gasteiger partial charge in [-0.1, -0.05) is 6.07 Å². The van der Waals surface area contributed by atoms with Crippen LogP contribution in [-0.4, -0.2) is 82.6 Å². The van der Waals surface area contributed by atoms with Gasteiger partial charge in [-0.05, 0) is 37.8 Å². The van der Waals surface area contributed by atoms with Crippen LogP contribution in [0.4, 0.5) is 5.69 Å². The van der Waals surface area contributed by atoms with E-state index in [-0.39, 0.29) is 24.0 Å². The summed E-state index contributed by atoms with van der Waals surface area (Å²) in [5.41, 5.74) is 2.01. The number of fused-ring (bicyclic) bond motifs is 1. The Morgan fingerprint density at radius 1 is 1.11 bits per heavy atom. The zero-order chi connectivity index (χ0) is 25.9. The quantitative estimate of drug-likeness (QED) is 0.386. The first-order valence-electron chi connectivity index (χ1n) is 12.8. The van der Waals surface area contributed by atoms with E-state index in [0.717, 1.165) is 56.0 Å². The molecule has 196 valence electrons. The van der Waals surface area contributed by atoms with E-state index in [2.05, 4.69) is 20.6 Å². The molecule has 5 rings (SSSR count). The van der Waals surface area contributed by atoms with Crippen molar-refractivity contribution in [3.63, 3.8) is 0 Å². The van der Waals surface area contributed by atoms with Gasteiger partial charge in [-0.15, -0.1) is 0 Å². The van der Waals surface area contributed by atoms with Crippen LogP contribution in [0.3, 0.4) is 0 Å². The Labute approximate surface area is 215 Å². The molecule has 0 bridgehead atoms. The van der Waals surface area contributed by atoms with Crippen molar-refractivity contribution in [1.82, 2.24) is 24.9 Å². The van der Waals surface area contributed by atoms with Crippen LogP contribution in [-0.2, 0) is 20.9 Å². The van der Waals surface area contributed by atoms with E-state index in [1.807, 2.05) is 17.1 Å². The molecule has 11 heteroatoms. The molecule has 0 saturated carbocycles. The van der Waals surface area contributed by atoms with Crippen molar-refractivity contribution < 1.29 is 23.9 Å². The van der Waals surface area contributed by atoms with Gasteiger partial charge >= 0.3 is 0 Å². The number of ether oxygens (including phenoxy) is 1. The maximum absolute atomic E-state index is 13.3. The molecule has 1 unspecified atom stereocenters. The lowest BCUT2D eigenvalue weighted by atomic mass is 10.0. The molecule has 37 heavy (non-hydrogen) atoms. The molecule has 1 atom stereocenters. The third-order valence-corrected chi connectivity index (χ3v) is 7.36. The molecule has 2 fully saturated rings. The summed E-state index contributed by atoms with van der Waals surface area (Å²) in [4.78, 5) is 53.6.